The number of benzene rings is 1. The molecule has 0 bridgehead atoms. The van der Waals surface area contributed by atoms with Crippen molar-refractivity contribution in [3.63, 3.8) is 0 Å². The van der Waals surface area contributed by atoms with Crippen LogP contribution in [0.15, 0.2) is 35.1 Å². The predicted octanol–water partition coefficient (Wildman–Crippen LogP) is 3.94. The number of hydrogen-bond donors (Lipinski definition) is 0. The summed E-state index contributed by atoms with van der Waals surface area (Å²) in [7, 11) is 0. The van der Waals surface area contributed by atoms with Gasteiger partial charge in [0.15, 0.2) is 0 Å². The van der Waals surface area contributed by atoms with Crippen LogP contribution in [0.3, 0.4) is 0 Å². The normalized spacial score (nSPS) is 10.7. The molecule has 2 aromatic rings. The minimum absolute atomic E-state index is 0.519. The Morgan fingerprint density at radius 1 is 1.44 bits per heavy atom. The maximum absolute atomic E-state index is 5.82. The molecule has 0 spiro atoms. The number of rotatable bonds is 3. The van der Waals surface area contributed by atoms with Gasteiger partial charge < -0.3 is 4.57 Å². The molecule has 2 nitrogen and oxygen atoms in total. The number of aryl methyl sites for hydroxylation is 1. The van der Waals surface area contributed by atoms with Crippen molar-refractivity contribution in [3.8, 4) is 5.69 Å². The Balaban J connectivity index is 2.45. The summed E-state index contributed by atoms with van der Waals surface area (Å²) in [6.45, 7) is 2.10. The largest absolute Gasteiger partial charge is 0.304 e. The zero-order valence-electron chi connectivity index (χ0n) is 8.95. The first-order valence-electron chi connectivity index (χ1n) is 5.13. The van der Waals surface area contributed by atoms with E-state index in [1.165, 1.54) is 0 Å². The molecule has 0 unspecified atom stereocenters. The molecule has 4 heteroatoms. The first-order valence-corrected chi connectivity index (χ1v) is 6.46. The minimum atomic E-state index is 0.519. The monoisotopic (exact) mass is 298 g/mol. The number of aromatic nitrogens is 2. The summed E-state index contributed by atoms with van der Waals surface area (Å²) in [5.41, 5.74) is 2.21. The van der Waals surface area contributed by atoms with Gasteiger partial charge in [0, 0.05) is 34.9 Å². The van der Waals surface area contributed by atoms with Gasteiger partial charge in [0.2, 0.25) is 0 Å². The smallest absolute Gasteiger partial charge is 0.112 e. The van der Waals surface area contributed by atoms with Crippen LogP contribution in [-0.4, -0.2) is 9.55 Å². The SMILES string of the molecule is CCc1nccn1-c1ccc(CCl)c(Br)c1. The van der Waals surface area contributed by atoms with Gasteiger partial charge in [0.25, 0.3) is 0 Å². The zero-order valence-corrected chi connectivity index (χ0v) is 11.3. The highest BCUT2D eigenvalue weighted by atomic mass is 79.9. The molecule has 0 fully saturated rings. The standard InChI is InChI=1S/C12H12BrClN2/c1-2-12-15-5-6-16(12)10-4-3-9(8-14)11(13)7-10/h3-7H,2,8H2,1H3. The highest BCUT2D eigenvalue weighted by Gasteiger charge is 2.05. The third-order valence-corrected chi connectivity index (χ3v) is 3.52. The second kappa shape index (κ2) is 5.02. The van der Waals surface area contributed by atoms with Gasteiger partial charge in [0.05, 0.1) is 0 Å². The first kappa shape index (κ1) is 11.7. The lowest BCUT2D eigenvalue weighted by Gasteiger charge is -2.08. The van der Waals surface area contributed by atoms with Crippen LogP contribution in [0.25, 0.3) is 5.69 Å². The van der Waals surface area contributed by atoms with Crippen molar-refractivity contribution in [1.82, 2.24) is 9.55 Å². The van der Waals surface area contributed by atoms with Crippen molar-refractivity contribution in [2.75, 3.05) is 0 Å². The van der Waals surface area contributed by atoms with E-state index in [-0.39, 0.29) is 0 Å². The van der Waals surface area contributed by atoms with E-state index in [2.05, 4.69) is 44.5 Å². The fourth-order valence-corrected chi connectivity index (χ4v) is 2.53. The van der Waals surface area contributed by atoms with E-state index >= 15 is 0 Å². The van der Waals surface area contributed by atoms with Crippen LogP contribution >= 0.6 is 27.5 Å². The summed E-state index contributed by atoms with van der Waals surface area (Å²) in [4.78, 5) is 4.30. The molecule has 2 rings (SSSR count). The Labute approximate surface area is 108 Å². The van der Waals surface area contributed by atoms with Crippen LogP contribution in [0.2, 0.25) is 0 Å². The van der Waals surface area contributed by atoms with Gasteiger partial charge >= 0.3 is 0 Å². The molecule has 0 saturated carbocycles. The van der Waals surface area contributed by atoms with E-state index in [4.69, 9.17) is 11.6 Å². The van der Waals surface area contributed by atoms with Crippen LogP contribution in [0.4, 0.5) is 0 Å². The fraction of sp³-hybridized carbons (Fsp3) is 0.250. The van der Waals surface area contributed by atoms with Gasteiger partial charge in [-0.2, -0.15) is 0 Å². The number of imidazole rings is 1. The summed E-state index contributed by atoms with van der Waals surface area (Å²) >= 11 is 9.34. The number of nitrogens with zero attached hydrogens (tertiary/aromatic N) is 2. The lowest BCUT2D eigenvalue weighted by atomic mass is 10.2. The molecule has 84 valence electrons. The summed E-state index contributed by atoms with van der Waals surface area (Å²) < 4.78 is 3.12. The van der Waals surface area contributed by atoms with Crippen LogP contribution in [0.5, 0.6) is 0 Å². The van der Waals surface area contributed by atoms with Gasteiger partial charge in [-0.1, -0.05) is 28.9 Å². The van der Waals surface area contributed by atoms with Crippen molar-refractivity contribution in [2.45, 2.75) is 19.2 Å². The van der Waals surface area contributed by atoms with Gasteiger partial charge in [0.1, 0.15) is 5.82 Å². The third-order valence-electron chi connectivity index (χ3n) is 2.49. The third kappa shape index (κ3) is 2.15. The Morgan fingerprint density at radius 2 is 2.25 bits per heavy atom. The molecule has 0 amide bonds. The highest BCUT2D eigenvalue weighted by molar-refractivity contribution is 9.10. The van der Waals surface area contributed by atoms with E-state index in [1.807, 2.05) is 18.5 Å². The van der Waals surface area contributed by atoms with Gasteiger partial charge in [-0.05, 0) is 17.7 Å². The summed E-state index contributed by atoms with van der Waals surface area (Å²) in [6, 6.07) is 6.16. The van der Waals surface area contributed by atoms with E-state index in [0.717, 1.165) is 28.0 Å². The molecule has 1 heterocycles. The predicted molar refractivity (Wildman–Crippen MR) is 70.2 cm³/mol. The molecule has 0 aliphatic heterocycles. The quantitative estimate of drug-likeness (QED) is 0.785. The van der Waals surface area contributed by atoms with Gasteiger partial charge in [-0.15, -0.1) is 11.6 Å². The second-order valence-electron chi connectivity index (χ2n) is 3.48. The van der Waals surface area contributed by atoms with Gasteiger partial charge in [-0.25, -0.2) is 4.98 Å². The zero-order chi connectivity index (χ0) is 11.5. The Kier molecular flexibility index (Phi) is 3.66. The van der Waals surface area contributed by atoms with Crippen LogP contribution in [0.1, 0.15) is 18.3 Å². The van der Waals surface area contributed by atoms with Crippen LogP contribution < -0.4 is 0 Å². The topological polar surface area (TPSA) is 17.8 Å². The molecule has 0 aliphatic carbocycles. The second-order valence-corrected chi connectivity index (χ2v) is 4.60. The first-order chi connectivity index (χ1) is 7.76. The number of alkyl halides is 1. The summed E-state index contributed by atoms with van der Waals surface area (Å²) in [5, 5.41) is 0. The molecule has 0 N–H and O–H groups in total. The average molecular weight is 300 g/mol. The lowest BCUT2D eigenvalue weighted by molar-refractivity contribution is 0.890. The Hall–Kier alpha value is -0.800. The van der Waals surface area contributed by atoms with Crippen molar-refractivity contribution >= 4 is 27.5 Å². The molecule has 1 aromatic heterocycles. The molecule has 0 aliphatic rings. The highest BCUT2D eigenvalue weighted by Crippen LogP contribution is 2.23. The van der Waals surface area contributed by atoms with Crippen molar-refractivity contribution in [3.05, 3.63) is 46.5 Å². The molecular weight excluding hydrogens is 288 g/mol. The Bertz CT molecular complexity index is 494. The number of hydrogen-bond acceptors (Lipinski definition) is 1. The van der Waals surface area contributed by atoms with Gasteiger partial charge in [-0.3, -0.25) is 0 Å². The molecule has 0 saturated heterocycles. The number of halogens is 2. The average Bonchev–Trinajstić information content (AvgIpc) is 2.77. The van der Waals surface area contributed by atoms with E-state index < -0.39 is 0 Å². The molecular formula is C12H12BrClN2. The molecule has 0 atom stereocenters. The summed E-state index contributed by atoms with van der Waals surface area (Å²) in [6.07, 6.45) is 4.71. The lowest BCUT2D eigenvalue weighted by Crippen LogP contribution is -1.99. The fourth-order valence-electron chi connectivity index (χ4n) is 1.63. The maximum Gasteiger partial charge on any atom is 0.112 e. The van der Waals surface area contributed by atoms with Crippen molar-refractivity contribution in [1.29, 1.82) is 0 Å². The van der Waals surface area contributed by atoms with E-state index in [1.54, 1.807) is 0 Å². The molecule has 1 aromatic carbocycles. The van der Waals surface area contributed by atoms with E-state index in [9.17, 15) is 0 Å². The maximum atomic E-state index is 5.82. The Morgan fingerprint density at radius 3 is 2.88 bits per heavy atom. The van der Waals surface area contributed by atoms with Crippen LogP contribution in [0, 0.1) is 0 Å². The molecule has 0 radical (unpaired) electrons. The molecule has 16 heavy (non-hydrogen) atoms. The van der Waals surface area contributed by atoms with Crippen LogP contribution in [-0.2, 0) is 12.3 Å². The van der Waals surface area contributed by atoms with E-state index in [0.29, 0.717) is 5.88 Å². The van der Waals surface area contributed by atoms with Crippen molar-refractivity contribution < 1.29 is 0 Å². The van der Waals surface area contributed by atoms with Crippen molar-refractivity contribution in [2.24, 2.45) is 0 Å². The summed E-state index contributed by atoms with van der Waals surface area (Å²) in [5.74, 6) is 1.58. The minimum Gasteiger partial charge on any atom is -0.304 e.